The lowest BCUT2D eigenvalue weighted by Gasteiger charge is -2.36. The molecule has 0 aromatic heterocycles. The van der Waals surface area contributed by atoms with Gasteiger partial charge >= 0.3 is 0 Å². The summed E-state index contributed by atoms with van der Waals surface area (Å²) in [5.41, 5.74) is 5.70. The number of nitrogens with zero attached hydrogens (tertiary/aromatic N) is 1. The zero-order chi connectivity index (χ0) is 17.0. The van der Waals surface area contributed by atoms with Crippen LogP contribution in [0.25, 0.3) is 0 Å². The Morgan fingerprint density at radius 3 is 2.09 bits per heavy atom. The van der Waals surface area contributed by atoms with Crippen LogP contribution in [0.3, 0.4) is 0 Å². The van der Waals surface area contributed by atoms with E-state index in [2.05, 4.69) is 38.6 Å². The second-order valence-corrected chi connectivity index (χ2v) is 8.59. The summed E-state index contributed by atoms with van der Waals surface area (Å²) in [5, 5.41) is 0. The number of nitrogens with two attached hydrogens (primary N) is 1. The predicted octanol–water partition coefficient (Wildman–Crippen LogP) is 4.64. The van der Waals surface area contributed by atoms with Crippen molar-refractivity contribution in [3.05, 3.63) is 0 Å². The quantitative estimate of drug-likeness (QED) is 0.365. The van der Waals surface area contributed by atoms with Crippen LogP contribution in [0.5, 0.6) is 0 Å². The molecule has 2 N–H and O–H groups in total. The van der Waals surface area contributed by atoms with Crippen molar-refractivity contribution in [1.82, 2.24) is 4.67 Å². The van der Waals surface area contributed by atoms with Crippen LogP contribution in [0.4, 0.5) is 0 Å². The van der Waals surface area contributed by atoms with Crippen molar-refractivity contribution < 1.29 is 9.05 Å². The van der Waals surface area contributed by atoms with Crippen LogP contribution in [0.2, 0.25) is 0 Å². The van der Waals surface area contributed by atoms with Crippen LogP contribution in [0, 0.1) is 0 Å². The maximum atomic E-state index is 6.11. The lowest BCUT2D eigenvalue weighted by molar-refractivity contribution is 0.141. The van der Waals surface area contributed by atoms with Crippen molar-refractivity contribution in [2.75, 3.05) is 25.2 Å². The summed E-state index contributed by atoms with van der Waals surface area (Å²) in [4.78, 5) is 0. The lowest BCUT2D eigenvalue weighted by atomic mass is 10.2. The lowest BCUT2D eigenvalue weighted by Crippen LogP contribution is -2.35. The molecular weight excluding hydrogens is 315 g/mol. The first kappa shape index (κ1) is 22.6. The molecule has 0 aliphatic carbocycles. The molecule has 2 atom stereocenters. The number of unbranched alkanes of at least 4 members (excludes halogenated alkanes) is 3. The SMILES string of the molecule is CSCCCCCCOP(OC(C)CN)N(C(C)C)C(C)C. The summed E-state index contributed by atoms with van der Waals surface area (Å²) in [5.74, 6) is 1.26. The number of thioether (sulfide) groups is 1. The molecule has 0 aliphatic heterocycles. The van der Waals surface area contributed by atoms with Gasteiger partial charge in [0.2, 0.25) is 0 Å². The van der Waals surface area contributed by atoms with E-state index in [1.165, 1.54) is 25.0 Å². The van der Waals surface area contributed by atoms with Gasteiger partial charge in [-0.25, -0.2) is 4.67 Å². The number of hydrogen-bond donors (Lipinski definition) is 1. The fraction of sp³-hybridized carbons (Fsp3) is 1.00. The molecule has 134 valence electrons. The molecule has 0 radical (unpaired) electrons. The first-order valence-electron chi connectivity index (χ1n) is 8.51. The Bertz CT molecular complexity index is 250. The van der Waals surface area contributed by atoms with Gasteiger partial charge in [-0.1, -0.05) is 12.8 Å². The molecule has 0 saturated heterocycles. The Morgan fingerprint density at radius 1 is 1.00 bits per heavy atom. The average Bonchev–Trinajstić information content (AvgIpc) is 2.45. The van der Waals surface area contributed by atoms with Gasteiger partial charge in [0.25, 0.3) is 8.53 Å². The second kappa shape index (κ2) is 14.0. The van der Waals surface area contributed by atoms with Crippen molar-refractivity contribution in [1.29, 1.82) is 0 Å². The number of hydrogen-bond acceptors (Lipinski definition) is 5. The van der Waals surface area contributed by atoms with Crippen LogP contribution in [0.15, 0.2) is 0 Å². The molecule has 0 aromatic carbocycles. The van der Waals surface area contributed by atoms with Gasteiger partial charge in [-0.05, 0) is 59.5 Å². The van der Waals surface area contributed by atoms with Crippen molar-refractivity contribution in [3.8, 4) is 0 Å². The summed E-state index contributed by atoms with van der Waals surface area (Å²) in [6.07, 6.45) is 7.14. The van der Waals surface area contributed by atoms with E-state index in [1.54, 1.807) is 0 Å². The average molecular weight is 353 g/mol. The van der Waals surface area contributed by atoms with E-state index >= 15 is 0 Å². The van der Waals surface area contributed by atoms with Gasteiger partial charge in [0.05, 0.1) is 12.7 Å². The van der Waals surface area contributed by atoms with E-state index in [9.17, 15) is 0 Å². The molecule has 0 heterocycles. The van der Waals surface area contributed by atoms with Crippen molar-refractivity contribution in [2.24, 2.45) is 5.73 Å². The molecule has 0 saturated carbocycles. The van der Waals surface area contributed by atoms with Crippen LogP contribution >= 0.6 is 20.3 Å². The summed E-state index contributed by atoms with van der Waals surface area (Å²) < 4.78 is 14.5. The van der Waals surface area contributed by atoms with Crippen LogP contribution in [-0.4, -0.2) is 48.0 Å². The molecule has 0 spiro atoms. The third-order valence-corrected chi connectivity index (χ3v) is 6.23. The topological polar surface area (TPSA) is 47.7 Å². The molecule has 4 nitrogen and oxygen atoms in total. The summed E-state index contributed by atoms with van der Waals surface area (Å²) >= 11 is 1.92. The molecule has 0 aliphatic rings. The van der Waals surface area contributed by atoms with E-state index < -0.39 is 8.53 Å². The molecule has 0 aromatic rings. The van der Waals surface area contributed by atoms with E-state index in [0.29, 0.717) is 18.6 Å². The van der Waals surface area contributed by atoms with Gasteiger partial charge in [-0.15, -0.1) is 0 Å². The van der Waals surface area contributed by atoms with Gasteiger partial charge in [-0.2, -0.15) is 11.8 Å². The maximum absolute atomic E-state index is 6.11. The van der Waals surface area contributed by atoms with E-state index in [0.717, 1.165) is 13.0 Å². The molecule has 0 fully saturated rings. The normalized spacial score (nSPS) is 15.0. The summed E-state index contributed by atoms with van der Waals surface area (Å²) in [6.45, 7) is 12.1. The fourth-order valence-electron chi connectivity index (χ4n) is 2.17. The Balaban J connectivity index is 4.29. The van der Waals surface area contributed by atoms with Gasteiger partial charge in [0.15, 0.2) is 0 Å². The smallest absolute Gasteiger partial charge is 0.259 e. The molecule has 0 bridgehead atoms. The molecular formula is C16H37N2O2PS. The number of rotatable bonds is 14. The second-order valence-electron chi connectivity index (χ2n) is 6.20. The highest BCUT2D eigenvalue weighted by atomic mass is 32.2. The minimum Gasteiger partial charge on any atom is -0.328 e. The monoisotopic (exact) mass is 352 g/mol. The molecule has 6 heteroatoms. The van der Waals surface area contributed by atoms with Gasteiger partial charge in [0, 0.05) is 18.6 Å². The summed E-state index contributed by atoms with van der Waals surface area (Å²) in [6, 6.07) is 0.801. The first-order valence-corrected chi connectivity index (χ1v) is 11.0. The first-order chi connectivity index (χ1) is 10.4. The highest BCUT2D eigenvalue weighted by Crippen LogP contribution is 2.46. The van der Waals surface area contributed by atoms with Crippen molar-refractivity contribution >= 4 is 20.3 Å². The third kappa shape index (κ3) is 10.4. The Hall–Kier alpha value is 0.620. The Kier molecular flexibility index (Phi) is 14.4. The van der Waals surface area contributed by atoms with E-state index in [-0.39, 0.29) is 6.10 Å². The van der Waals surface area contributed by atoms with E-state index in [1.807, 2.05) is 18.7 Å². The van der Waals surface area contributed by atoms with Crippen LogP contribution < -0.4 is 5.73 Å². The predicted molar refractivity (Wildman–Crippen MR) is 101 cm³/mol. The molecule has 2 unspecified atom stereocenters. The molecule has 0 amide bonds. The largest absolute Gasteiger partial charge is 0.328 e. The fourth-order valence-corrected chi connectivity index (χ4v) is 4.40. The Morgan fingerprint density at radius 2 is 1.59 bits per heavy atom. The maximum Gasteiger partial charge on any atom is 0.259 e. The van der Waals surface area contributed by atoms with Gasteiger partial charge < -0.3 is 14.8 Å². The zero-order valence-corrected chi connectivity index (χ0v) is 17.1. The minimum absolute atomic E-state index is 0.0349. The van der Waals surface area contributed by atoms with Gasteiger partial charge in [-0.3, -0.25) is 0 Å². The Labute approximate surface area is 143 Å². The molecule has 0 rings (SSSR count). The van der Waals surface area contributed by atoms with Crippen molar-refractivity contribution in [2.45, 2.75) is 78.5 Å². The minimum atomic E-state index is -1.03. The third-order valence-electron chi connectivity index (χ3n) is 3.29. The van der Waals surface area contributed by atoms with E-state index in [4.69, 9.17) is 14.8 Å². The highest BCUT2D eigenvalue weighted by molar-refractivity contribution is 7.98. The van der Waals surface area contributed by atoms with Crippen molar-refractivity contribution in [3.63, 3.8) is 0 Å². The van der Waals surface area contributed by atoms with Gasteiger partial charge in [0.1, 0.15) is 0 Å². The summed E-state index contributed by atoms with van der Waals surface area (Å²) in [7, 11) is -1.03. The standard InChI is InChI=1S/C16H37N2O2PS/c1-14(2)18(15(3)4)21(20-16(5)13-17)19-11-9-7-8-10-12-22-6/h14-16H,7-13,17H2,1-6H3. The van der Waals surface area contributed by atoms with Crippen LogP contribution in [0.1, 0.15) is 60.3 Å². The highest BCUT2D eigenvalue weighted by Gasteiger charge is 2.28. The van der Waals surface area contributed by atoms with Crippen LogP contribution in [-0.2, 0) is 9.05 Å². The zero-order valence-electron chi connectivity index (χ0n) is 15.4. The molecule has 22 heavy (non-hydrogen) atoms.